The third-order valence-electron chi connectivity index (χ3n) is 3.27. The van der Waals surface area contributed by atoms with Crippen molar-refractivity contribution in [3.8, 4) is 6.07 Å². The Morgan fingerprint density at radius 1 is 1.48 bits per heavy atom. The molecule has 0 unspecified atom stereocenters. The number of oxime groups is 1. The van der Waals surface area contributed by atoms with E-state index < -0.39 is 6.04 Å². The summed E-state index contributed by atoms with van der Waals surface area (Å²) >= 11 is 0. The molecule has 1 heterocycles. The quantitative estimate of drug-likeness (QED) is 0.903. The van der Waals surface area contributed by atoms with Crippen LogP contribution in [0.5, 0.6) is 0 Å². The van der Waals surface area contributed by atoms with E-state index in [2.05, 4.69) is 16.5 Å². The Morgan fingerprint density at radius 2 is 2.19 bits per heavy atom. The van der Waals surface area contributed by atoms with Gasteiger partial charge < -0.3 is 10.2 Å². The van der Waals surface area contributed by atoms with Crippen molar-refractivity contribution in [2.75, 3.05) is 0 Å². The van der Waals surface area contributed by atoms with Gasteiger partial charge in [0.2, 0.25) is 0 Å². The van der Waals surface area contributed by atoms with E-state index in [-0.39, 0.29) is 12.0 Å². The molecule has 110 valence electrons. The van der Waals surface area contributed by atoms with Gasteiger partial charge in [-0.25, -0.2) is 0 Å². The maximum atomic E-state index is 12.1. The lowest BCUT2D eigenvalue weighted by atomic mass is 10.0. The number of rotatable bonds is 5. The number of benzene rings is 1. The number of carbonyl (C=O) groups excluding carboxylic acids is 1. The summed E-state index contributed by atoms with van der Waals surface area (Å²) in [4.78, 5) is 17.4. The second-order valence-corrected chi connectivity index (χ2v) is 5.53. The maximum absolute atomic E-state index is 12.1. The van der Waals surface area contributed by atoms with Crippen molar-refractivity contribution in [3.63, 3.8) is 0 Å². The van der Waals surface area contributed by atoms with Crippen molar-refractivity contribution in [1.29, 1.82) is 5.26 Å². The molecule has 1 aromatic carbocycles. The number of carbonyl (C=O) groups is 1. The van der Waals surface area contributed by atoms with Crippen molar-refractivity contribution >= 4 is 11.6 Å². The molecule has 5 heteroatoms. The molecule has 1 aliphatic rings. The van der Waals surface area contributed by atoms with Gasteiger partial charge in [-0.2, -0.15) is 5.26 Å². The number of nitrogens with zero attached hydrogens (tertiary/aromatic N) is 2. The molecule has 0 saturated carbocycles. The van der Waals surface area contributed by atoms with E-state index in [9.17, 15) is 4.79 Å². The Labute approximate surface area is 124 Å². The first-order valence-corrected chi connectivity index (χ1v) is 7.08. The molecule has 1 N–H and O–H groups in total. The largest absolute Gasteiger partial charge is 0.387 e. The van der Waals surface area contributed by atoms with Gasteiger partial charge in [0.1, 0.15) is 11.8 Å². The second-order valence-electron chi connectivity index (χ2n) is 5.53. The van der Waals surface area contributed by atoms with E-state index in [4.69, 9.17) is 10.1 Å². The summed E-state index contributed by atoms with van der Waals surface area (Å²) in [5.74, 6) is 0.0226. The molecule has 2 atom stereocenters. The highest BCUT2D eigenvalue weighted by molar-refractivity contribution is 6.39. The van der Waals surface area contributed by atoms with E-state index in [0.717, 1.165) is 5.56 Å². The third-order valence-corrected chi connectivity index (χ3v) is 3.27. The molecular weight excluding hydrogens is 266 g/mol. The van der Waals surface area contributed by atoms with E-state index >= 15 is 0 Å². The number of nitrogens with one attached hydrogen (secondary N) is 1. The summed E-state index contributed by atoms with van der Waals surface area (Å²) in [5, 5.41) is 15.6. The number of hydrogen-bond donors (Lipinski definition) is 1. The average molecular weight is 285 g/mol. The monoisotopic (exact) mass is 285 g/mol. The van der Waals surface area contributed by atoms with Crippen LogP contribution in [0.4, 0.5) is 0 Å². The van der Waals surface area contributed by atoms with Crippen LogP contribution in [0.3, 0.4) is 0 Å². The highest BCUT2D eigenvalue weighted by Crippen LogP contribution is 2.26. The summed E-state index contributed by atoms with van der Waals surface area (Å²) < 4.78 is 0. The van der Waals surface area contributed by atoms with Gasteiger partial charge in [-0.1, -0.05) is 49.3 Å². The Balaban J connectivity index is 1.92. The average Bonchev–Trinajstić information content (AvgIpc) is 2.97. The van der Waals surface area contributed by atoms with E-state index in [1.165, 1.54) is 0 Å². The van der Waals surface area contributed by atoms with Crippen LogP contribution in [-0.2, 0) is 9.63 Å². The van der Waals surface area contributed by atoms with Crippen LogP contribution in [0.2, 0.25) is 0 Å². The van der Waals surface area contributed by atoms with Crippen molar-refractivity contribution < 1.29 is 9.63 Å². The topological polar surface area (TPSA) is 74.5 Å². The van der Waals surface area contributed by atoms with Crippen LogP contribution >= 0.6 is 0 Å². The second kappa shape index (κ2) is 6.89. The molecular formula is C16H19N3O2. The molecule has 1 aliphatic heterocycles. The van der Waals surface area contributed by atoms with Crippen LogP contribution < -0.4 is 5.32 Å². The van der Waals surface area contributed by atoms with Crippen molar-refractivity contribution in [3.05, 3.63) is 35.9 Å². The Hall–Kier alpha value is -2.35. The lowest BCUT2D eigenvalue weighted by molar-refractivity contribution is -0.115. The zero-order valence-electron chi connectivity index (χ0n) is 12.2. The predicted molar refractivity (Wildman–Crippen MR) is 79.3 cm³/mol. The van der Waals surface area contributed by atoms with Gasteiger partial charge in [0.25, 0.3) is 5.91 Å². The molecule has 0 spiro atoms. The minimum absolute atomic E-state index is 0.224. The van der Waals surface area contributed by atoms with Crippen molar-refractivity contribution in [2.45, 2.75) is 38.8 Å². The van der Waals surface area contributed by atoms with E-state index in [1.807, 2.05) is 44.2 Å². The highest BCUT2D eigenvalue weighted by atomic mass is 16.6. The number of hydrogen-bond acceptors (Lipinski definition) is 4. The standard InChI is InChI=1S/C16H19N3O2/c1-11(2)8-13(10-17)18-16(20)14-9-15(21-19-14)12-6-4-3-5-7-12/h3-7,11,13,15H,8-9H2,1-2H3,(H,18,20)/t13-,15-/m0/s1. The van der Waals surface area contributed by atoms with Gasteiger partial charge in [0, 0.05) is 6.42 Å². The lowest BCUT2D eigenvalue weighted by Crippen LogP contribution is -2.38. The molecule has 0 saturated heterocycles. The zero-order valence-corrected chi connectivity index (χ0v) is 12.2. The lowest BCUT2D eigenvalue weighted by Gasteiger charge is -2.13. The van der Waals surface area contributed by atoms with E-state index in [1.54, 1.807) is 0 Å². The Bertz CT molecular complexity index is 561. The van der Waals surface area contributed by atoms with Crippen LogP contribution in [0.1, 0.15) is 38.4 Å². The highest BCUT2D eigenvalue weighted by Gasteiger charge is 2.28. The molecule has 0 aromatic heterocycles. The first-order chi connectivity index (χ1) is 10.1. The fraction of sp³-hybridized carbons (Fsp3) is 0.438. The minimum atomic E-state index is -0.490. The fourth-order valence-corrected chi connectivity index (χ4v) is 2.21. The van der Waals surface area contributed by atoms with Gasteiger partial charge in [0.15, 0.2) is 6.10 Å². The molecule has 0 bridgehead atoms. The number of amides is 1. The number of nitriles is 1. The molecule has 2 rings (SSSR count). The van der Waals surface area contributed by atoms with Crippen LogP contribution in [0.15, 0.2) is 35.5 Å². The van der Waals surface area contributed by atoms with Crippen LogP contribution in [0.25, 0.3) is 0 Å². The van der Waals surface area contributed by atoms with Crippen molar-refractivity contribution in [1.82, 2.24) is 5.32 Å². The van der Waals surface area contributed by atoms with Gasteiger partial charge in [-0.3, -0.25) is 4.79 Å². The molecule has 0 radical (unpaired) electrons. The van der Waals surface area contributed by atoms with Crippen LogP contribution in [-0.4, -0.2) is 17.7 Å². The fourth-order valence-electron chi connectivity index (χ4n) is 2.21. The summed E-state index contributed by atoms with van der Waals surface area (Å²) in [6, 6.07) is 11.3. The zero-order chi connectivity index (χ0) is 15.2. The van der Waals surface area contributed by atoms with Gasteiger partial charge in [-0.05, 0) is 17.9 Å². The first-order valence-electron chi connectivity index (χ1n) is 7.08. The molecule has 1 amide bonds. The van der Waals surface area contributed by atoms with Gasteiger partial charge in [-0.15, -0.1) is 0 Å². The summed E-state index contributed by atoms with van der Waals surface area (Å²) in [7, 11) is 0. The summed E-state index contributed by atoms with van der Waals surface area (Å²) in [5.41, 5.74) is 1.33. The minimum Gasteiger partial charge on any atom is -0.387 e. The molecule has 0 fully saturated rings. The summed E-state index contributed by atoms with van der Waals surface area (Å²) in [6.07, 6.45) is 0.825. The normalized spacial score (nSPS) is 18.6. The molecule has 21 heavy (non-hydrogen) atoms. The maximum Gasteiger partial charge on any atom is 0.270 e. The SMILES string of the molecule is CC(C)C[C@@H](C#N)NC(=O)C1=NO[C@H](c2ccccc2)C1. The molecule has 5 nitrogen and oxygen atoms in total. The Morgan fingerprint density at radius 3 is 2.81 bits per heavy atom. The van der Waals surface area contributed by atoms with Crippen molar-refractivity contribution in [2.24, 2.45) is 11.1 Å². The van der Waals surface area contributed by atoms with E-state index in [0.29, 0.717) is 24.5 Å². The predicted octanol–water partition coefficient (Wildman–Crippen LogP) is 2.56. The first kappa shape index (κ1) is 15.0. The molecule has 1 aromatic rings. The van der Waals surface area contributed by atoms with Gasteiger partial charge >= 0.3 is 0 Å². The smallest absolute Gasteiger partial charge is 0.270 e. The molecule has 0 aliphatic carbocycles. The van der Waals surface area contributed by atoms with Gasteiger partial charge in [0.05, 0.1) is 6.07 Å². The summed E-state index contributed by atoms with van der Waals surface area (Å²) in [6.45, 7) is 4.02. The Kier molecular flexibility index (Phi) is 4.94. The van der Waals surface area contributed by atoms with Crippen LogP contribution in [0, 0.1) is 17.2 Å². The third kappa shape index (κ3) is 4.06.